The molecule has 0 spiro atoms. The molecule has 0 aliphatic carbocycles. The molecule has 0 atom stereocenters. The molecule has 7 heteroatoms. The van der Waals surface area contributed by atoms with Crippen molar-refractivity contribution < 1.29 is 14.3 Å². The molecule has 0 saturated carbocycles. The van der Waals surface area contributed by atoms with Crippen molar-refractivity contribution in [3.8, 4) is 11.3 Å². The van der Waals surface area contributed by atoms with Gasteiger partial charge in [-0.1, -0.05) is 35.9 Å². The zero-order valence-electron chi connectivity index (χ0n) is 22.4. The molecule has 2 heterocycles. The minimum atomic E-state index is -0.480. The molecule has 194 valence electrons. The van der Waals surface area contributed by atoms with Crippen LogP contribution in [0.1, 0.15) is 42.3 Å². The van der Waals surface area contributed by atoms with Crippen LogP contribution < -0.4 is 4.90 Å². The fourth-order valence-corrected chi connectivity index (χ4v) is 4.30. The molecule has 7 nitrogen and oxygen atoms in total. The largest absolute Gasteiger partial charge is 0.444 e. The number of benzene rings is 2. The van der Waals surface area contributed by atoms with Crippen LogP contribution in [0.25, 0.3) is 11.3 Å². The summed E-state index contributed by atoms with van der Waals surface area (Å²) in [5, 5.41) is 0. The maximum atomic E-state index is 13.1. The Morgan fingerprint density at radius 2 is 1.68 bits per heavy atom. The first-order valence-corrected chi connectivity index (χ1v) is 12.7. The Hall–Kier alpha value is -3.71. The summed E-state index contributed by atoms with van der Waals surface area (Å²) in [5.41, 5.74) is 5.11. The first-order valence-electron chi connectivity index (χ1n) is 12.7. The van der Waals surface area contributed by atoms with Crippen molar-refractivity contribution in [1.82, 2.24) is 14.8 Å². The number of nitrogens with zero attached hydrogens (tertiary/aromatic N) is 4. The second-order valence-corrected chi connectivity index (χ2v) is 10.6. The van der Waals surface area contributed by atoms with Gasteiger partial charge in [-0.15, -0.1) is 0 Å². The number of aryl methyl sites for hydroxylation is 1. The number of pyridine rings is 1. The van der Waals surface area contributed by atoms with Gasteiger partial charge in [-0.2, -0.15) is 0 Å². The van der Waals surface area contributed by atoms with Crippen LogP contribution in [-0.2, 0) is 11.3 Å². The number of carbonyl (C=O) groups is 2. The van der Waals surface area contributed by atoms with Crippen LogP contribution in [-0.4, -0.2) is 65.6 Å². The van der Waals surface area contributed by atoms with E-state index in [1.54, 1.807) is 23.0 Å². The molecule has 3 aromatic rings. The van der Waals surface area contributed by atoms with Gasteiger partial charge in [0.2, 0.25) is 0 Å². The van der Waals surface area contributed by atoms with Gasteiger partial charge in [0, 0.05) is 57.2 Å². The molecule has 0 radical (unpaired) electrons. The topological polar surface area (TPSA) is 66.0 Å². The van der Waals surface area contributed by atoms with Crippen LogP contribution in [0.3, 0.4) is 0 Å². The van der Waals surface area contributed by atoms with Crippen LogP contribution in [0.15, 0.2) is 66.9 Å². The third-order valence-electron chi connectivity index (χ3n) is 6.38. The number of anilines is 1. The molecule has 1 fully saturated rings. The fraction of sp³-hybridized carbons (Fsp3) is 0.367. The summed E-state index contributed by atoms with van der Waals surface area (Å²) in [5.74, 6) is -0.102. The maximum absolute atomic E-state index is 13.1. The Bertz CT molecular complexity index is 1220. The summed E-state index contributed by atoms with van der Waals surface area (Å²) in [6, 6.07) is 19.9. The van der Waals surface area contributed by atoms with Crippen molar-refractivity contribution in [2.45, 2.75) is 39.8 Å². The van der Waals surface area contributed by atoms with E-state index in [9.17, 15) is 9.59 Å². The molecule has 1 aromatic heterocycles. The highest BCUT2D eigenvalue weighted by Gasteiger charge is 2.26. The number of amides is 2. The number of ether oxygens (including phenoxy) is 1. The zero-order valence-corrected chi connectivity index (χ0v) is 22.4. The van der Waals surface area contributed by atoms with E-state index in [0.717, 1.165) is 36.6 Å². The van der Waals surface area contributed by atoms with Crippen LogP contribution in [0, 0.1) is 6.92 Å². The van der Waals surface area contributed by atoms with Gasteiger partial charge in [0.05, 0.1) is 11.3 Å². The molecule has 0 bridgehead atoms. The molecule has 1 aliphatic rings. The smallest absolute Gasteiger partial charge is 0.410 e. The van der Waals surface area contributed by atoms with E-state index in [1.807, 2.05) is 70.2 Å². The van der Waals surface area contributed by atoms with Gasteiger partial charge < -0.3 is 14.5 Å². The molecule has 1 aliphatic heterocycles. The van der Waals surface area contributed by atoms with Crippen molar-refractivity contribution in [3.05, 3.63) is 83.6 Å². The van der Waals surface area contributed by atoms with Crippen molar-refractivity contribution in [2.24, 2.45) is 0 Å². The SMILES string of the molecule is Cc1cccc(-c2ccc(C(=O)N(C)c3ccc(CN4CCN(C(=O)OC(C)(C)C)CC4)cc3)cn2)c1. The van der Waals surface area contributed by atoms with E-state index >= 15 is 0 Å². The number of rotatable bonds is 5. The average molecular weight is 501 g/mol. The van der Waals surface area contributed by atoms with E-state index in [-0.39, 0.29) is 12.0 Å². The van der Waals surface area contributed by atoms with Gasteiger partial charge in [0.25, 0.3) is 5.91 Å². The predicted molar refractivity (Wildman–Crippen MR) is 147 cm³/mol. The lowest BCUT2D eigenvalue weighted by Crippen LogP contribution is -2.49. The lowest BCUT2D eigenvalue weighted by atomic mass is 10.1. The molecule has 37 heavy (non-hydrogen) atoms. The average Bonchev–Trinajstić information content (AvgIpc) is 2.88. The van der Waals surface area contributed by atoms with E-state index in [0.29, 0.717) is 18.7 Å². The van der Waals surface area contributed by atoms with E-state index in [4.69, 9.17) is 4.74 Å². The van der Waals surface area contributed by atoms with Crippen LogP contribution in [0.4, 0.5) is 10.5 Å². The van der Waals surface area contributed by atoms with E-state index in [2.05, 4.69) is 28.1 Å². The summed E-state index contributed by atoms with van der Waals surface area (Å²) in [6.45, 7) is 11.4. The van der Waals surface area contributed by atoms with Gasteiger partial charge in [-0.05, 0) is 63.6 Å². The highest BCUT2D eigenvalue weighted by Crippen LogP contribution is 2.21. The molecular formula is C30H36N4O3. The number of aromatic nitrogens is 1. The molecule has 0 unspecified atom stereocenters. The number of carbonyl (C=O) groups excluding carboxylic acids is 2. The third-order valence-corrected chi connectivity index (χ3v) is 6.38. The minimum Gasteiger partial charge on any atom is -0.444 e. The van der Waals surface area contributed by atoms with Gasteiger partial charge in [0.1, 0.15) is 5.60 Å². The minimum absolute atomic E-state index is 0.102. The van der Waals surface area contributed by atoms with Gasteiger partial charge in [-0.3, -0.25) is 14.7 Å². The third kappa shape index (κ3) is 6.95. The summed E-state index contributed by atoms with van der Waals surface area (Å²) in [4.78, 5) is 35.6. The lowest BCUT2D eigenvalue weighted by molar-refractivity contribution is 0.0139. The quantitative estimate of drug-likeness (QED) is 0.470. The predicted octanol–water partition coefficient (Wildman–Crippen LogP) is 5.39. The van der Waals surface area contributed by atoms with Crippen molar-refractivity contribution in [1.29, 1.82) is 0 Å². The van der Waals surface area contributed by atoms with Gasteiger partial charge in [0.15, 0.2) is 0 Å². The molecular weight excluding hydrogens is 464 g/mol. The maximum Gasteiger partial charge on any atom is 0.410 e. The molecule has 1 saturated heterocycles. The second-order valence-electron chi connectivity index (χ2n) is 10.6. The number of hydrogen-bond donors (Lipinski definition) is 0. The summed E-state index contributed by atoms with van der Waals surface area (Å²) < 4.78 is 5.48. The van der Waals surface area contributed by atoms with Crippen molar-refractivity contribution in [2.75, 3.05) is 38.1 Å². The Morgan fingerprint density at radius 3 is 2.27 bits per heavy atom. The summed E-state index contributed by atoms with van der Waals surface area (Å²) >= 11 is 0. The summed E-state index contributed by atoms with van der Waals surface area (Å²) in [7, 11) is 1.78. The normalized spacial score (nSPS) is 14.4. The first-order chi connectivity index (χ1) is 17.6. The Kier molecular flexibility index (Phi) is 7.93. The Balaban J connectivity index is 1.31. The van der Waals surface area contributed by atoms with Gasteiger partial charge in [-0.25, -0.2) is 4.79 Å². The fourth-order valence-electron chi connectivity index (χ4n) is 4.30. The zero-order chi connectivity index (χ0) is 26.6. The second kappa shape index (κ2) is 11.1. The highest BCUT2D eigenvalue weighted by molar-refractivity contribution is 6.05. The first kappa shape index (κ1) is 26.4. The molecule has 2 amide bonds. The van der Waals surface area contributed by atoms with Crippen LogP contribution in [0.2, 0.25) is 0 Å². The van der Waals surface area contributed by atoms with Crippen LogP contribution in [0.5, 0.6) is 0 Å². The summed E-state index contributed by atoms with van der Waals surface area (Å²) in [6.07, 6.45) is 1.39. The van der Waals surface area contributed by atoms with E-state index in [1.165, 1.54) is 11.1 Å². The monoisotopic (exact) mass is 500 g/mol. The van der Waals surface area contributed by atoms with Gasteiger partial charge >= 0.3 is 6.09 Å². The van der Waals surface area contributed by atoms with E-state index < -0.39 is 5.60 Å². The molecule has 4 rings (SSSR count). The molecule has 0 N–H and O–H groups in total. The Morgan fingerprint density at radius 1 is 0.973 bits per heavy atom. The van der Waals surface area contributed by atoms with Crippen LogP contribution >= 0.6 is 0 Å². The molecule has 2 aromatic carbocycles. The standard InChI is InChI=1S/C30H36N4O3/c1-22-7-6-8-24(19-22)27-14-11-25(20-31-27)28(35)32(5)26-12-9-23(10-13-26)21-33-15-17-34(18-16-33)29(36)37-30(2,3)4/h6-14,19-20H,15-18,21H2,1-5H3. The number of hydrogen-bond acceptors (Lipinski definition) is 5. The van der Waals surface area contributed by atoms with Crippen molar-refractivity contribution >= 4 is 17.7 Å². The highest BCUT2D eigenvalue weighted by atomic mass is 16.6. The lowest BCUT2D eigenvalue weighted by Gasteiger charge is -2.35. The van der Waals surface area contributed by atoms with Crippen molar-refractivity contribution in [3.63, 3.8) is 0 Å². The number of piperazine rings is 1. The Labute approximate surface area is 219 Å².